The fraction of sp³-hybridized carbons (Fsp3) is 0. The van der Waals surface area contributed by atoms with E-state index < -0.39 is 11.7 Å². The first-order chi connectivity index (χ1) is 7.65. The summed E-state index contributed by atoms with van der Waals surface area (Å²) in [5, 5.41) is 8.48. The summed E-state index contributed by atoms with van der Waals surface area (Å²) in [4.78, 5) is 15.4. The number of aromatic nitrogens is 3. The third-order valence-corrected chi connectivity index (χ3v) is 2.23. The van der Waals surface area contributed by atoms with Crippen molar-refractivity contribution in [2.24, 2.45) is 0 Å². The number of nitrogens with one attached hydrogen (secondary N) is 2. The highest BCUT2D eigenvalue weighted by atomic mass is 79.9. The average molecular weight is 285 g/mol. The number of amides is 1. The van der Waals surface area contributed by atoms with Crippen molar-refractivity contribution < 1.29 is 9.18 Å². The van der Waals surface area contributed by atoms with E-state index >= 15 is 0 Å². The zero-order valence-electron chi connectivity index (χ0n) is 7.87. The Balaban J connectivity index is 2.21. The Hall–Kier alpha value is -1.76. The molecule has 0 saturated heterocycles. The molecule has 0 bridgehead atoms. The summed E-state index contributed by atoms with van der Waals surface area (Å²) in [6.07, 6.45) is 1.26. The number of aromatic amines is 1. The molecule has 0 fully saturated rings. The van der Waals surface area contributed by atoms with Crippen molar-refractivity contribution in [1.29, 1.82) is 0 Å². The highest BCUT2D eigenvalue weighted by Crippen LogP contribution is 2.15. The molecule has 0 aliphatic carbocycles. The predicted molar refractivity (Wildman–Crippen MR) is 58.4 cm³/mol. The Morgan fingerprint density at radius 3 is 2.88 bits per heavy atom. The lowest BCUT2D eigenvalue weighted by atomic mass is 10.2. The van der Waals surface area contributed by atoms with Gasteiger partial charge in [-0.25, -0.2) is 9.49 Å². The molecule has 1 heterocycles. The van der Waals surface area contributed by atoms with Gasteiger partial charge in [-0.15, -0.1) is 0 Å². The summed E-state index contributed by atoms with van der Waals surface area (Å²) in [6.45, 7) is 0. The van der Waals surface area contributed by atoms with Gasteiger partial charge >= 0.3 is 0 Å². The summed E-state index contributed by atoms with van der Waals surface area (Å²) < 4.78 is 13.5. The first-order valence-electron chi connectivity index (χ1n) is 4.28. The first-order valence-corrected chi connectivity index (χ1v) is 5.07. The van der Waals surface area contributed by atoms with Gasteiger partial charge in [0.05, 0.1) is 0 Å². The minimum absolute atomic E-state index is 0.197. The third kappa shape index (κ3) is 2.43. The van der Waals surface area contributed by atoms with Gasteiger partial charge in [-0.1, -0.05) is 15.9 Å². The minimum Gasteiger partial charge on any atom is -0.291 e. The van der Waals surface area contributed by atoms with E-state index in [0.717, 1.165) is 6.07 Å². The van der Waals surface area contributed by atoms with E-state index in [2.05, 4.69) is 36.4 Å². The molecule has 0 spiro atoms. The molecule has 7 heteroatoms. The molecule has 0 saturated carbocycles. The van der Waals surface area contributed by atoms with Crippen molar-refractivity contribution in [3.63, 3.8) is 0 Å². The van der Waals surface area contributed by atoms with Crippen LogP contribution in [0.3, 0.4) is 0 Å². The van der Waals surface area contributed by atoms with Crippen LogP contribution in [0.2, 0.25) is 0 Å². The highest BCUT2D eigenvalue weighted by Gasteiger charge is 2.09. The maximum Gasteiger partial charge on any atom is 0.258 e. The maximum absolute atomic E-state index is 13.0. The topological polar surface area (TPSA) is 70.7 Å². The van der Waals surface area contributed by atoms with Crippen LogP contribution in [-0.2, 0) is 0 Å². The van der Waals surface area contributed by atoms with Crippen LogP contribution in [0.15, 0.2) is 29.0 Å². The SMILES string of the molecule is O=C(Nc1ncn[nH]1)c1cc(F)cc(Br)c1. The molecule has 2 N–H and O–H groups in total. The number of anilines is 1. The van der Waals surface area contributed by atoms with Crippen molar-refractivity contribution in [2.45, 2.75) is 0 Å². The quantitative estimate of drug-likeness (QED) is 0.886. The summed E-state index contributed by atoms with van der Waals surface area (Å²) in [7, 11) is 0. The number of nitrogens with zero attached hydrogens (tertiary/aromatic N) is 2. The van der Waals surface area contributed by atoms with Crippen LogP contribution >= 0.6 is 15.9 Å². The molecule has 0 aliphatic heterocycles. The van der Waals surface area contributed by atoms with Crippen LogP contribution in [0.5, 0.6) is 0 Å². The van der Waals surface area contributed by atoms with Crippen LogP contribution < -0.4 is 5.32 Å². The van der Waals surface area contributed by atoms with E-state index in [4.69, 9.17) is 0 Å². The largest absolute Gasteiger partial charge is 0.291 e. The molecule has 1 amide bonds. The number of carbonyl (C=O) groups excluding carboxylic acids is 1. The van der Waals surface area contributed by atoms with Gasteiger partial charge in [0.1, 0.15) is 12.1 Å². The Morgan fingerprint density at radius 1 is 1.44 bits per heavy atom. The Morgan fingerprint density at radius 2 is 2.25 bits per heavy atom. The Labute approximate surface area is 98.2 Å². The lowest BCUT2D eigenvalue weighted by Gasteiger charge is -2.02. The maximum atomic E-state index is 13.0. The van der Waals surface area contributed by atoms with Gasteiger partial charge in [-0.3, -0.25) is 10.1 Å². The molecule has 5 nitrogen and oxygen atoms in total. The van der Waals surface area contributed by atoms with E-state index in [-0.39, 0.29) is 11.5 Å². The van der Waals surface area contributed by atoms with E-state index in [1.165, 1.54) is 18.5 Å². The van der Waals surface area contributed by atoms with E-state index in [1.54, 1.807) is 0 Å². The van der Waals surface area contributed by atoms with Gasteiger partial charge in [-0.2, -0.15) is 10.1 Å². The summed E-state index contributed by atoms with van der Waals surface area (Å²) in [6, 6.07) is 3.91. The summed E-state index contributed by atoms with van der Waals surface area (Å²) >= 11 is 3.10. The normalized spacial score (nSPS) is 10.1. The van der Waals surface area contributed by atoms with Crippen molar-refractivity contribution in [3.8, 4) is 0 Å². The number of H-pyrrole nitrogens is 1. The fourth-order valence-corrected chi connectivity index (χ4v) is 1.60. The van der Waals surface area contributed by atoms with E-state index in [0.29, 0.717) is 4.47 Å². The molecule has 0 aliphatic rings. The Bertz CT molecular complexity index is 494. The van der Waals surface area contributed by atoms with E-state index in [9.17, 15) is 9.18 Å². The number of halogens is 2. The molecular formula is C9H6BrFN4O. The molecule has 2 aromatic rings. The summed E-state index contributed by atoms with van der Waals surface area (Å²) in [5.41, 5.74) is 0.197. The van der Waals surface area contributed by atoms with Crippen LogP contribution in [-0.4, -0.2) is 21.1 Å². The third-order valence-electron chi connectivity index (χ3n) is 1.77. The molecule has 1 aromatic heterocycles. The zero-order valence-corrected chi connectivity index (χ0v) is 9.45. The van der Waals surface area contributed by atoms with Crippen molar-refractivity contribution in [1.82, 2.24) is 15.2 Å². The van der Waals surface area contributed by atoms with Gasteiger partial charge in [0.25, 0.3) is 5.91 Å². The van der Waals surface area contributed by atoms with Crippen molar-refractivity contribution in [3.05, 3.63) is 40.4 Å². The van der Waals surface area contributed by atoms with Gasteiger partial charge in [0.2, 0.25) is 5.95 Å². The lowest BCUT2D eigenvalue weighted by molar-refractivity contribution is 0.102. The molecular weight excluding hydrogens is 279 g/mol. The number of rotatable bonds is 2. The lowest BCUT2D eigenvalue weighted by Crippen LogP contribution is -2.13. The van der Waals surface area contributed by atoms with Crippen LogP contribution in [0.4, 0.5) is 10.3 Å². The highest BCUT2D eigenvalue weighted by molar-refractivity contribution is 9.10. The van der Waals surface area contributed by atoms with Crippen LogP contribution in [0.1, 0.15) is 10.4 Å². The van der Waals surface area contributed by atoms with Gasteiger partial charge in [0.15, 0.2) is 0 Å². The molecule has 1 aromatic carbocycles. The molecule has 16 heavy (non-hydrogen) atoms. The van der Waals surface area contributed by atoms with Gasteiger partial charge in [0, 0.05) is 10.0 Å². The fourth-order valence-electron chi connectivity index (χ4n) is 1.13. The molecule has 2 rings (SSSR count). The second kappa shape index (κ2) is 4.40. The first kappa shape index (κ1) is 10.7. The molecule has 0 unspecified atom stereocenters. The summed E-state index contributed by atoms with van der Waals surface area (Å²) in [5.74, 6) is -0.737. The number of carbonyl (C=O) groups is 1. The smallest absolute Gasteiger partial charge is 0.258 e. The monoisotopic (exact) mass is 284 g/mol. The minimum atomic E-state index is -0.489. The number of hydrogen-bond donors (Lipinski definition) is 2. The van der Waals surface area contributed by atoms with Crippen molar-refractivity contribution >= 4 is 27.8 Å². The molecule has 82 valence electrons. The Kier molecular flexibility index (Phi) is 2.95. The van der Waals surface area contributed by atoms with Gasteiger partial charge in [-0.05, 0) is 18.2 Å². The predicted octanol–water partition coefficient (Wildman–Crippen LogP) is 1.96. The molecule has 0 radical (unpaired) electrons. The second-order valence-electron chi connectivity index (χ2n) is 2.95. The van der Waals surface area contributed by atoms with Crippen LogP contribution in [0.25, 0.3) is 0 Å². The average Bonchev–Trinajstić information content (AvgIpc) is 2.68. The van der Waals surface area contributed by atoms with E-state index in [1.807, 2.05) is 0 Å². The molecule has 0 atom stereocenters. The zero-order chi connectivity index (χ0) is 11.5. The second-order valence-corrected chi connectivity index (χ2v) is 3.86. The van der Waals surface area contributed by atoms with Crippen molar-refractivity contribution in [2.75, 3.05) is 5.32 Å². The van der Waals surface area contributed by atoms with Gasteiger partial charge < -0.3 is 0 Å². The standard InChI is InChI=1S/C9H6BrFN4O/c10-6-1-5(2-7(11)3-6)8(16)14-9-12-4-13-15-9/h1-4H,(H2,12,13,14,15,16). The van der Waals surface area contributed by atoms with Crippen LogP contribution in [0, 0.1) is 5.82 Å². The number of hydrogen-bond acceptors (Lipinski definition) is 3. The number of benzene rings is 1.